The van der Waals surface area contributed by atoms with Gasteiger partial charge in [-0.1, -0.05) is 22.8 Å². The van der Waals surface area contributed by atoms with Crippen molar-refractivity contribution in [2.24, 2.45) is 5.16 Å². The van der Waals surface area contributed by atoms with Gasteiger partial charge in [0.2, 0.25) is 0 Å². The minimum Gasteiger partial charge on any atom is -0.490 e. The summed E-state index contributed by atoms with van der Waals surface area (Å²) in [4.78, 5) is 16.3. The first-order chi connectivity index (χ1) is 8.65. The fourth-order valence-corrected chi connectivity index (χ4v) is 1.81. The summed E-state index contributed by atoms with van der Waals surface area (Å²) in [5, 5.41) is 4.43. The summed E-state index contributed by atoms with van der Waals surface area (Å²) in [5.74, 6) is 0.664. The molecule has 1 unspecified atom stereocenters. The molecule has 0 bridgehead atoms. The zero-order valence-electron chi connectivity index (χ0n) is 10.1. The van der Waals surface area contributed by atoms with Gasteiger partial charge in [-0.25, -0.2) is 0 Å². The summed E-state index contributed by atoms with van der Waals surface area (Å²) in [6, 6.07) is 7.19. The van der Waals surface area contributed by atoms with Crippen LogP contribution in [-0.2, 0) is 9.63 Å². The molecule has 1 atom stereocenters. The lowest BCUT2D eigenvalue weighted by atomic mass is 10.1. The van der Waals surface area contributed by atoms with Crippen LogP contribution in [0.25, 0.3) is 0 Å². The largest absolute Gasteiger partial charge is 0.490 e. The first-order valence-electron chi connectivity index (χ1n) is 5.77. The standard InChI is InChI=1S/C13H14ClNO3/c1-9(16)13-6-5-12(18-15-13)8-17-11-4-2-3-10(14)7-11/h2-4,7,12H,5-6,8H2,1H3. The maximum atomic E-state index is 11.1. The fourth-order valence-electron chi connectivity index (χ4n) is 1.63. The van der Waals surface area contributed by atoms with E-state index in [1.165, 1.54) is 6.92 Å². The Kier molecular flexibility index (Phi) is 4.20. The van der Waals surface area contributed by atoms with Crippen molar-refractivity contribution in [1.29, 1.82) is 0 Å². The van der Waals surface area contributed by atoms with Crippen molar-refractivity contribution >= 4 is 23.1 Å². The average Bonchev–Trinajstić information content (AvgIpc) is 2.37. The van der Waals surface area contributed by atoms with Gasteiger partial charge in [0, 0.05) is 18.4 Å². The van der Waals surface area contributed by atoms with Gasteiger partial charge in [0.05, 0.1) is 0 Å². The van der Waals surface area contributed by atoms with Crippen LogP contribution in [0.3, 0.4) is 0 Å². The summed E-state index contributed by atoms with van der Waals surface area (Å²) >= 11 is 5.85. The number of hydrogen-bond donors (Lipinski definition) is 0. The number of hydrogen-bond acceptors (Lipinski definition) is 4. The van der Waals surface area contributed by atoms with E-state index in [0.29, 0.717) is 29.5 Å². The predicted octanol–water partition coefficient (Wildman–Crippen LogP) is 2.84. The minimum atomic E-state index is -0.118. The van der Waals surface area contributed by atoms with Gasteiger partial charge in [0.25, 0.3) is 0 Å². The monoisotopic (exact) mass is 267 g/mol. The van der Waals surface area contributed by atoms with E-state index in [9.17, 15) is 4.79 Å². The van der Waals surface area contributed by atoms with Gasteiger partial charge >= 0.3 is 0 Å². The quantitative estimate of drug-likeness (QED) is 0.843. The van der Waals surface area contributed by atoms with Gasteiger partial charge < -0.3 is 9.57 Å². The number of nitrogens with zero attached hydrogens (tertiary/aromatic N) is 1. The first kappa shape index (κ1) is 12.9. The maximum absolute atomic E-state index is 11.1. The van der Waals surface area contributed by atoms with Crippen LogP contribution in [0.5, 0.6) is 5.75 Å². The van der Waals surface area contributed by atoms with Crippen LogP contribution in [-0.4, -0.2) is 24.2 Å². The summed E-state index contributed by atoms with van der Waals surface area (Å²) in [5.41, 5.74) is 0.494. The van der Waals surface area contributed by atoms with E-state index in [2.05, 4.69) is 5.16 Å². The van der Waals surface area contributed by atoms with Crippen LogP contribution in [0.1, 0.15) is 19.8 Å². The van der Waals surface area contributed by atoms with Crippen molar-refractivity contribution in [1.82, 2.24) is 0 Å². The molecule has 5 heteroatoms. The van der Waals surface area contributed by atoms with Crippen molar-refractivity contribution in [3.63, 3.8) is 0 Å². The molecule has 0 radical (unpaired) electrons. The molecule has 2 rings (SSSR count). The molecule has 0 aliphatic carbocycles. The van der Waals surface area contributed by atoms with Crippen LogP contribution >= 0.6 is 11.6 Å². The average molecular weight is 268 g/mol. The second-order valence-corrected chi connectivity index (χ2v) is 4.57. The number of ketones is 1. The predicted molar refractivity (Wildman–Crippen MR) is 69.2 cm³/mol. The van der Waals surface area contributed by atoms with Gasteiger partial charge in [-0.3, -0.25) is 4.79 Å². The topological polar surface area (TPSA) is 47.9 Å². The van der Waals surface area contributed by atoms with Gasteiger partial charge in [-0.15, -0.1) is 0 Å². The third-order valence-corrected chi connectivity index (χ3v) is 2.89. The molecule has 1 aliphatic heterocycles. The lowest BCUT2D eigenvalue weighted by Crippen LogP contribution is -2.27. The summed E-state index contributed by atoms with van der Waals surface area (Å²) in [6.45, 7) is 1.89. The Morgan fingerprint density at radius 2 is 2.44 bits per heavy atom. The molecule has 1 aromatic carbocycles. The fraction of sp³-hybridized carbons (Fsp3) is 0.385. The van der Waals surface area contributed by atoms with Crippen molar-refractivity contribution in [3.8, 4) is 5.75 Å². The highest BCUT2D eigenvalue weighted by Crippen LogP contribution is 2.19. The van der Waals surface area contributed by atoms with E-state index in [1.807, 2.05) is 12.1 Å². The van der Waals surface area contributed by atoms with Gasteiger partial charge in [-0.05, 0) is 24.6 Å². The van der Waals surface area contributed by atoms with E-state index in [-0.39, 0.29) is 11.9 Å². The maximum Gasteiger partial charge on any atom is 0.177 e. The molecule has 1 heterocycles. The third kappa shape index (κ3) is 3.47. The van der Waals surface area contributed by atoms with Crippen LogP contribution in [0, 0.1) is 0 Å². The Labute approximate surface area is 111 Å². The zero-order valence-corrected chi connectivity index (χ0v) is 10.8. The number of benzene rings is 1. The second-order valence-electron chi connectivity index (χ2n) is 4.13. The third-order valence-electron chi connectivity index (χ3n) is 2.65. The molecule has 0 saturated heterocycles. The van der Waals surface area contributed by atoms with Crippen molar-refractivity contribution < 1.29 is 14.4 Å². The SMILES string of the molecule is CC(=O)C1=NOC(COc2cccc(Cl)c2)CC1. The number of carbonyl (C=O) groups excluding carboxylic acids is 1. The summed E-state index contributed by atoms with van der Waals surface area (Å²) in [6.07, 6.45) is 1.25. The van der Waals surface area contributed by atoms with Crippen LogP contribution < -0.4 is 4.74 Å². The second kappa shape index (κ2) is 5.87. The Bertz CT molecular complexity index is 473. The van der Waals surface area contributed by atoms with E-state index in [0.717, 1.165) is 6.42 Å². The Hall–Kier alpha value is -1.55. The Balaban J connectivity index is 1.84. The molecule has 0 aromatic heterocycles. The highest BCUT2D eigenvalue weighted by atomic mass is 35.5. The molecular weight excluding hydrogens is 254 g/mol. The molecule has 0 N–H and O–H groups in total. The molecule has 0 amide bonds. The van der Waals surface area contributed by atoms with Crippen molar-refractivity contribution in [2.75, 3.05) is 6.61 Å². The normalized spacial score (nSPS) is 18.8. The molecule has 0 saturated carbocycles. The highest BCUT2D eigenvalue weighted by Gasteiger charge is 2.20. The number of halogens is 1. The Morgan fingerprint density at radius 1 is 1.61 bits per heavy atom. The van der Waals surface area contributed by atoms with Crippen molar-refractivity contribution in [3.05, 3.63) is 29.3 Å². The van der Waals surface area contributed by atoms with E-state index < -0.39 is 0 Å². The van der Waals surface area contributed by atoms with E-state index in [1.54, 1.807) is 12.1 Å². The van der Waals surface area contributed by atoms with Gasteiger partial charge in [0.1, 0.15) is 18.1 Å². The number of carbonyl (C=O) groups is 1. The van der Waals surface area contributed by atoms with Crippen LogP contribution in [0.15, 0.2) is 29.4 Å². The molecule has 1 aliphatic rings. The summed E-state index contributed by atoms with van der Waals surface area (Å²) < 4.78 is 5.56. The summed E-state index contributed by atoms with van der Waals surface area (Å²) in [7, 11) is 0. The highest BCUT2D eigenvalue weighted by molar-refractivity contribution is 6.38. The lowest BCUT2D eigenvalue weighted by molar-refractivity contribution is -0.111. The van der Waals surface area contributed by atoms with E-state index >= 15 is 0 Å². The number of rotatable bonds is 4. The molecule has 96 valence electrons. The van der Waals surface area contributed by atoms with Crippen molar-refractivity contribution in [2.45, 2.75) is 25.9 Å². The zero-order chi connectivity index (χ0) is 13.0. The van der Waals surface area contributed by atoms with E-state index in [4.69, 9.17) is 21.2 Å². The van der Waals surface area contributed by atoms with Gasteiger partial charge in [-0.2, -0.15) is 0 Å². The van der Waals surface area contributed by atoms with Gasteiger partial charge in [0.15, 0.2) is 11.9 Å². The lowest BCUT2D eigenvalue weighted by Gasteiger charge is -2.20. The Morgan fingerprint density at radius 3 is 3.06 bits per heavy atom. The van der Waals surface area contributed by atoms with Crippen LogP contribution in [0.2, 0.25) is 5.02 Å². The molecule has 0 fully saturated rings. The molecule has 0 spiro atoms. The minimum absolute atomic E-state index is 0.0378. The number of Topliss-reactive ketones (excluding diaryl/α,β-unsaturated/α-hetero) is 1. The first-order valence-corrected chi connectivity index (χ1v) is 6.15. The molecular formula is C13H14ClNO3. The number of oxime groups is 1. The van der Waals surface area contributed by atoms with Crippen LogP contribution in [0.4, 0.5) is 0 Å². The smallest absolute Gasteiger partial charge is 0.177 e. The number of ether oxygens (including phenoxy) is 1. The molecule has 1 aromatic rings. The molecule has 18 heavy (non-hydrogen) atoms. The molecule has 4 nitrogen and oxygen atoms in total.